The molecule has 0 spiro atoms. The maximum atomic E-state index is 14.1. The second-order valence-corrected chi connectivity index (χ2v) is 4.99. The van der Waals surface area contributed by atoms with Gasteiger partial charge >= 0.3 is 0 Å². The van der Waals surface area contributed by atoms with E-state index in [0.29, 0.717) is 16.3 Å². The fourth-order valence-corrected chi connectivity index (χ4v) is 2.34. The first-order valence-electron chi connectivity index (χ1n) is 6.32. The lowest BCUT2D eigenvalue weighted by Crippen LogP contribution is -2.30. The summed E-state index contributed by atoms with van der Waals surface area (Å²) in [5.41, 5.74) is 4.98. The van der Waals surface area contributed by atoms with Crippen molar-refractivity contribution in [1.82, 2.24) is 15.4 Å². The van der Waals surface area contributed by atoms with Crippen LogP contribution in [0.1, 0.15) is 17.3 Å². The average Bonchev–Trinajstić information content (AvgIpc) is 2.50. The van der Waals surface area contributed by atoms with Gasteiger partial charge in [-0.1, -0.05) is 29.8 Å². The minimum absolute atomic E-state index is 0.330. The highest BCUT2D eigenvalue weighted by molar-refractivity contribution is 6.30. The van der Waals surface area contributed by atoms with Gasteiger partial charge in [-0.15, -0.1) is 0 Å². The SMILES string of the molecule is NNC(c1cnc2ccccc2n1)c1ccc(Cl)cc1F. The standard InChI is InChI=1S/C15H12ClFN4/c16-9-5-6-10(11(17)7-9)15(21-18)14-8-19-12-3-1-2-4-13(12)20-14/h1-8,15,21H,18H2. The largest absolute Gasteiger partial charge is 0.271 e. The van der Waals surface area contributed by atoms with Gasteiger partial charge in [-0.2, -0.15) is 0 Å². The molecule has 0 bridgehead atoms. The van der Waals surface area contributed by atoms with Crippen LogP contribution in [0, 0.1) is 5.82 Å². The molecule has 0 saturated heterocycles. The summed E-state index contributed by atoms with van der Waals surface area (Å²) in [6, 6.07) is 11.3. The van der Waals surface area contributed by atoms with Crippen LogP contribution in [0.25, 0.3) is 11.0 Å². The third kappa shape index (κ3) is 2.71. The molecule has 0 aliphatic rings. The Morgan fingerprint density at radius 2 is 1.90 bits per heavy atom. The summed E-state index contributed by atoms with van der Waals surface area (Å²) in [6.07, 6.45) is 1.58. The molecule has 1 unspecified atom stereocenters. The normalized spacial score (nSPS) is 12.5. The summed E-state index contributed by atoms with van der Waals surface area (Å²) in [7, 11) is 0. The number of nitrogens with zero attached hydrogens (tertiary/aromatic N) is 2. The minimum Gasteiger partial charge on any atom is -0.271 e. The van der Waals surface area contributed by atoms with Crippen molar-refractivity contribution in [2.45, 2.75) is 6.04 Å². The lowest BCUT2D eigenvalue weighted by atomic mass is 10.0. The number of benzene rings is 2. The molecular weight excluding hydrogens is 291 g/mol. The van der Waals surface area contributed by atoms with Gasteiger partial charge in [0.15, 0.2) is 0 Å². The van der Waals surface area contributed by atoms with Gasteiger partial charge in [-0.3, -0.25) is 10.8 Å². The Hall–Kier alpha value is -2.08. The molecule has 1 atom stereocenters. The lowest BCUT2D eigenvalue weighted by Gasteiger charge is -2.16. The van der Waals surface area contributed by atoms with Gasteiger partial charge in [0, 0.05) is 10.6 Å². The number of hydrogen-bond acceptors (Lipinski definition) is 4. The molecule has 0 fully saturated rings. The molecule has 106 valence electrons. The van der Waals surface area contributed by atoms with Crippen LogP contribution in [-0.4, -0.2) is 9.97 Å². The van der Waals surface area contributed by atoms with Crippen LogP contribution >= 0.6 is 11.6 Å². The molecule has 0 radical (unpaired) electrons. The summed E-state index contributed by atoms with van der Waals surface area (Å²) in [5.74, 6) is 5.13. The number of para-hydroxylation sites is 2. The molecule has 0 saturated carbocycles. The number of hydrogen-bond donors (Lipinski definition) is 2. The van der Waals surface area contributed by atoms with E-state index < -0.39 is 11.9 Å². The van der Waals surface area contributed by atoms with Crippen molar-refractivity contribution in [2.75, 3.05) is 0 Å². The maximum absolute atomic E-state index is 14.1. The summed E-state index contributed by atoms with van der Waals surface area (Å²) >= 11 is 5.77. The second kappa shape index (κ2) is 5.73. The second-order valence-electron chi connectivity index (χ2n) is 4.55. The van der Waals surface area contributed by atoms with Gasteiger partial charge in [0.25, 0.3) is 0 Å². The molecule has 3 rings (SSSR count). The first kappa shape index (κ1) is 13.9. The fourth-order valence-electron chi connectivity index (χ4n) is 2.18. The van der Waals surface area contributed by atoms with Crippen molar-refractivity contribution >= 4 is 22.6 Å². The highest BCUT2D eigenvalue weighted by atomic mass is 35.5. The molecule has 6 heteroatoms. The van der Waals surface area contributed by atoms with Crippen LogP contribution in [0.5, 0.6) is 0 Å². The topological polar surface area (TPSA) is 63.8 Å². The Kier molecular flexibility index (Phi) is 3.79. The van der Waals surface area contributed by atoms with Crippen LogP contribution in [0.15, 0.2) is 48.7 Å². The predicted molar refractivity (Wildman–Crippen MR) is 80.1 cm³/mol. The highest BCUT2D eigenvalue weighted by Crippen LogP contribution is 2.25. The number of hydrazine groups is 1. The lowest BCUT2D eigenvalue weighted by molar-refractivity contribution is 0.553. The van der Waals surface area contributed by atoms with Gasteiger partial charge in [0.05, 0.1) is 29.0 Å². The summed E-state index contributed by atoms with van der Waals surface area (Å²) < 4.78 is 14.1. The van der Waals surface area contributed by atoms with Gasteiger partial charge in [-0.05, 0) is 24.3 Å². The van der Waals surface area contributed by atoms with E-state index in [-0.39, 0.29) is 0 Å². The van der Waals surface area contributed by atoms with E-state index in [0.717, 1.165) is 11.0 Å². The minimum atomic E-state index is -0.598. The summed E-state index contributed by atoms with van der Waals surface area (Å²) in [6.45, 7) is 0. The first-order chi connectivity index (χ1) is 10.2. The van der Waals surface area contributed by atoms with E-state index in [9.17, 15) is 4.39 Å². The number of nitrogens with one attached hydrogen (secondary N) is 1. The molecule has 2 aromatic carbocycles. The third-order valence-electron chi connectivity index (χ3n) is 3.20. The smallest absolute Gasteiger partial charge is 0.129 e. The van der Waals surface area contributed by atoms with Crippen molar-refractivity contribution in [1.29, 1.82) is 0 Å². The molecule has 3 N–H and O–H groups in total. The van der Waals surface area contributed by atoms with Gasteiger partial charge in [0.1, 0.15) is 5.82 Å². The molecule has 0 aliphatic carbocycles. The van der Waals surface area contributed by atoms with E-state index in [1.54, 1.807) is 18.3 Å². The molecule has 0 amide bonds. The van der Waals surface area contributed by atoms with E-state index in [1.807, 2.05) is 24.3 Å². The third-order valence-corrected chi connectivity index (χ3v) is 3.44. The van der Waals surface area contributed by atoms with Crippen LogP contribution in [0.4, 0.5) is 4.39 Å². The molecule has 4 nitrogen and oxygen atoms in total. The highest BCUT2D eigenvalue weighted by Gasteiger charge is 2.19. The monoisotopic (exact) mass is 302 g/mol. The fraction of sp³-hybridized carbons (Fsp3) is 0.0667. The van der Waals surface area contributed by atoms with E-state index >= 15 is 0 Å². The average molecular weight is 303 g/mol. The Morgan fingerprint density at radius 3 is 2.62 bits per heavy atom. The van der Waals surface area contributed by atoms with Crippen molar-refractivity contribution < 1.29 is 4.39 Å². The van der Waals surface area contributed by atoms with Gasteiger partial charge in [0.2, 0.25) is 0 Å². The van der Waals surface area contributed by atoms with Crippen molar-refractivity contribution in [3.8, 4) is 0 Å². The Bertz CT molecular complexity index is 793. The van der Waals surface area contributed by atoms with E-state index in [4.69, 9.17) is 17.4 Å². The van der Waals surface area contributed by atoms with Gasteiger partial charge in [-0.25, -0.2) is 14.8 Å². The molecular formula is C15H12ClFN4. The zero-order valence-electron chi connectivity index (χ0n) is 10.9. The Labute approximate surface area is 125 Å². The summed E-state index contributed by atoms with van der Waals surface area (Å²) in [5, 5.41) is 0.330. The van der Waals surface area contributed by atoms with Crippen LogP contribution < -0.4 is 11.3 Å². The number of nitrogens with two attached hydrogens (primary N) is 1. The molecule has 0 aliphatic heterocycles. The number of fused-ring (bicyclic) bond motifs is 1. The zero-order valence-corrected chi connectivity index (χ0v) is 11.7. The number of halogens is 2. The Balaban J connectivity index is 2.09. The van der Waals surface area contributed by atoms with Crippen LogP contribution in [-0.2, 0) is 0 Å². The molecule has 1 heterocycles. The summed E-state index contributed by atoms with van der Waals surface area (Å²) in [4.78, 5) is 8.80. The quantitative estimate of drug-likeness (QED) is 0.577. The van der Waals surface area contributed by atoms with Gasteiger partial charge < -0.3 is 0 Å². The number of rotatable bonds is 3. The van der Waals surface area contributed by atoms with Crippen molar-refractivity contribution in [3.63, 3.8) is 0 Å². The van der Waals surface area contributed by atoms with Crippen LogP contribution in [0.3, 0.4) is 0 Å². The maximum Gasteiger partial charge on any atom is 0.129 e. The first-order valence-corrected chi connectivity index (χ1v) is 6.69. The predicted octanol–water partition coefficient (Wildman–Crippen LogP) is 2.98. The van der Waals surface area contributed by atoms with E-state index in [2.05, 4.69) is 15.4 Å². The molecule has 1 aromatic heterocycles. The number of aromatic nitrogens is 2. The zero-order chi connectivity index (χ0) is 14.8. The molecule has 3 aromatic rings. The van der Waals surface area contributed by atoms with Crippen molar-refractivity contribution in [2.24, 2.45) is 5.84 Å². The molecule has 21 heavy (non-hydrogen) atoms. The Morgan fingerprint density at radius 1 is 1.14 bits per heavy atom. The van der Waals surface area contributed by atoms with Crippen molar-refractivity contribution in [3.05, 3.63) is 70.8 Å². The van der Waals surface area contributed by atoms with E-state index in [1.165, 1.54) is 6.07 Å². The van der Waals surface area contributed by atoms with Crippen LogP contribution in [0.2, 0.25) is 5.02 Å².